The summed E-state index contributed by atoms with van der Waals surface area (Å²) in [5.41, 5.74) is 4.34. The van der Waals surface area contributed by atoms with Gasteiger partial charge in [-0.15, -0.1) is 11.3 Å². The summed E-state index contributed by atoms with van der Waals surface area (Å²) < 4.78 is 20.9. The van der Waals surface area contributed by atoms with Crippen molar-refractivity contribution in [3.63, 3.8) is 0 Å². The Balaban J connectivity index is 1.19. The van der Waals surface area contributed by atoms with Crippen LogP contribution in [0.5, 0.6) is 11.5 Å². The summed E-state index contributed by atoms with van der Waals surface area (Å²) in [5, 5.41) is 2.98. The third-order valence-corrected chi connectivity index (χ3v) is 5.23. The lowest BCUT2D eigenvalue weighted by atomic mass is 10.2. The Morgan fingerprint density at radius 3 is 2.61 bits per heavy atom. The lowest BCUT2D eigenvalue weighted by molar-refractivity contribution is -0.135. The van der Waals surface area contributed by atoms with Gasteiger partial charge in [0.25, 0.3) is 17.7 Å². The Labute approximate surface area is 190 Å². The first-order valence-electron chi connectivity index (χ1n) is 9.58. The maximum absolute atomic E-state index is 12.2. The van der Waals surface area contributed by atoms with E-state index >= 15 is 0 Å². The number of carbonyl (C=O) groups is 4. The lowest BCUT2D eigenvalue weighted by Gasteiger charge is -2.25. The standard InChI is InChI=1S/C21H17N3O8S/c25-17(23-24-20(27)15-10-30-12-4-1-2-5-13(12)32-15)11-31-21(28)16-7-8-18(33-16)22-19(26)14-6-3-9-29-14/h1-9,15H,10-11H2,(H,22,26)(H,23,25)(H,24,27). The van der Waals surface area contributed by atoms with Crippen LogP contribution >= 0.6 is 11.3 Å². The topological polar surface area (TPSA) is 145 Å². The van der Waals surface area contributed by atoms with E-state index in [9.17, 15) is 19.2 Å². The van der Waals surface area contributed by atoms with Gasteiger partial charge >= 0.3 is 5.97 Å². The van der Waals surface area contributed by atoms with Crippen molar-refractivity contribution in [3.05, 3.63) is 65.4 Å². The number of hydrazine groups is 1. The predicted octanol–water partition coefficient (Wildman–Crippen LogP) is 1.74. The van der Waals surface area contributed by atoms with Crippen molar-refractivity contribution in [2.24, 2.45) is 0 Å². The molecule has 1 unspecified atom stereocenters. The summed E-state index contributed by atoms with van der Waals surface area (Å²) in [7, 11) is 0. The molecule has 2 aromatic heterocycles. The van der Waals surface area contributed by atoms with Crippen LogP contribution in [0.15, 0.2) is 59.2 Å². The van der Waals surface area contributed by atoms with Gasteiger partial charge in [-0.1, -0.05) is 12.1 Å². The van der Waals surface area contributed by atoms with Crippen LogP contribution in [0.3, 0.4) is 0 Å². The number of para-hydroxylation sites is 2. The van der Waals surface area contributed by atoms with E-state index in [1.54, 1.807) is 30.3 Å². The Hall–Kier alpha value is -4.32. The highest BCUT2D eigenvalue weighted by Gasteiger charge is 2.27. The number of anilines is 1. The SMILES string of the molecule is O=C(COC(=O)c1ccc(NC(=O)c2ccco2)s1)NNC(=O)C1COc2ccccc2O1. The van der Waals surface area contributed by atoms with Crippen LogP contribution in [0.25, 0.3) is 0 Å². The molecule has 3 amide bonds. The number of furan rings is 1. The van der Waals surface area contributed by atoms with E-state index < -0.39 is 36.4 Å². The van der Waals surface area contributed by atoms with Gasteiger partial charge in [-0.05, 0) is 36.4 Å². The number of carbonyl (C=O) groups excluding carboxylic acids is 4. The molecule has 170 valence electrons. The molecule has 1 aliphatic rings. The van der Waals surface area contributed by atoms with Crippen LogP contribution in [-0.2, 0) is 14.3 Å². The zero-order chi connectivity index (χ0) is 23.2. The first-order chi connectivity index (χ1) is 16.0. The number of ether oxygens (including phenoxy) is 3. The molecule has 3 aromatic rings. The fraction of sp³-hybridized carbons (Fsp3) is 0.143. The van der Waals surface area contributed by atoms with Crippen molar-refractivity contribution in [2.45, 2.75) is 6.10 Å². The Kier molecular flexibility index (Phi) is 6.55. The molecule has 0 bridgehead atoms. The van der Waals surface area contributed by atoms with Gasteiger partial charge in [0.2, 0.25) is 6.10 Å². The van der Waals surface area contributed by atoms with Crippen molar-refractivity contribution < 1.29 is 37.8 Å². The van der Waals surface area contributed by atoms with Crippen LogP contribution in [0.1, 0.15) is 20.2 Å². The molecule has 3 heterocycles. The maximum Gasteiger partial charge on any atom is 0.348 e. The monoisotopic (exact) mass is 471 g/mol. The van der Waals surface area contributed by atoms with Gasteiger partial charge in [-0.2, -0.15) is 0 Å². The molecular formula is C21H17N3O8S. The fourth-order valence-corrected chi connectivity index (χ4v) is 3.49. The molecule has 0 saturated carbocycles. The lowest BCUT2D eigenvalue weighted by Crippen LogP contribution is -2.51. The van der Waals surface area contributed by atoms with Gasteiger partial charge in [0.1, 0.15) is 11.5 Å². The van der Waals surface area contributed by atoms with Gasteiger partial charge in [0.15, 0.2) is 23.9 Å². The summed E-state index contributed by atoms with van der Waals surface area (Å²) >= 11 is 0.970. The molecule has 0 saturated heterocycles. The van der Waals surface area contributed by atoms with Crippen molar-refractivity contribution in [3.8, 4) is 11.5 Å². The van der Waals surface area contributed by atoms with Gasteiger partial charge < -0.3 is 23.9 Å². The molecule has 1 aliphatic heterocycles. The van der Waals surface area contributed by atoms with Crippen LogP contribution in [0.4, 0.5) is 5.00 Å². The van der Waals surface area contributed by atoms with Crippen molar-refractivity contribution in [2.75, 3.05) is 18.5 Å². The van der Waals surface area contributed by atoms with Crippen LogP contribution < -0.4 is 25.6 Å². The maximum atomic E-state index is 12.2. The van der Waals surface area contributed by atoms with E-state index in [-0.39, 0.29) is 17.2 Å². The van der Waals surface area contributed by atoms with E-state index in [4.69, 9.17) is 18.6 Å². The van der Waals surface area contributed by atoms with Crippen molar-refractivity contribution in [1.29, 1.82) is 0 Å². The van der Waals surface area contributed by atoms with E-state index in [1.165, 1.54) is 24.5 Å². The second-order valence-electron chi connectivity index (χ2n) is 6.57. The smallest absolute Gasteiger partial charge is 0.348 e. The zero-order valence-corrected chi connectivity index (χ0v) is 17.7. The highest BCUT2D eigenvalue weighted by Crippen LogP contribution is 2.30. The van der Waals surface area contributed by atoms with E-state index in [1.807, 2.05) is 0 Å². The number of esters is 1. The Bertz CT molecular complexity index is 1170. The van der Waals surface area contributed by atoms with Crippen LogP contribution in [-0.4, -0.2) is 43.0 Å². The van der Waals surface area contributed by atoms with Gasteiger partial charge in [0.05, 0.1) is 11.3 Å². The van der Waals surface area contributed by atoms with Crippen molar-refractivity contribution in [1.82, 2.24) is 10.9 Å². The minimum atomic E-state index is -0.955. The number of hydrogen-bond donors (Lipinski definition) is 3. The summed E-state index contributed by atoms with van der Waals surface area (Å²) in [6, 6.07) is 12.9. The highest BCUT2D eigenvalue weighted by molar-refractivity contribution is 7.18. The molecule has 33 heavy (non-hydrogen) atoms. The largest absolute Gasteiger partial charge is 0.485 e. The highest BCUT2D eigenvalue weighted by atomic mass is 32.1. The number of fused-ring (bicyclic) bond motifs is 1. The molecule has 4 rings (SSSR count). The quantitative estimate of drug-likeness (QED) is 0.364. The molecule has 0 aliphatic carbocycles. The molecule has 1 aromatic carbocycles. The van der Waals surface area contributed by atoms with Crippen molar-refractivity contribution >= 4 is 40.0 Å². The minimum Gasteiger partial charge on any atom is -0.485 e. The number of amides is 3. The van der Waals surface area contributed by atoms with Gasteiger partial charge in [-0.25, -0.2) is 4.79 Å². The molecule has 11 nitrogen and oxygen atoms in total. The van der Waals surface area contributed by atoms with Gasteiger partial charge in [0, 0.05) is 0 Å². The predicted molar refractivity (Wildman–Crippen MR) is 114 cm³/mol. The van der Waals surface area contributed by atoms with E-state index in [2.05, 4.69) is 16.2 Å². The average molecular weight is 471 g/mol. The summed E-state index contributed by atoms with van der Waals surface area (Å²) in [5.74, 6) is -1.54. The second kappa shape index (κ2) is 9.87. The first-order valence-corrected chi connectivity index (χ1v) is 10.4. The molecule has 0 fully saturated rings. The summed E-state index contributed by atoms with van der Waals surface area (Å²) in [6.07, 6.45) is 0.415. The first kappa shape index (κ1) is 21.9. The van der Waals surface area contributed by atoms with Gasteiger partial charge in [-0.3, -0.25) is 25.2 Å². The van der Waals surface area contributed by atoms with Crippen LogP contribution in [0, 0.1) is 0 Å². The molecule has 1 atom stereocenters. The molecule has 12 heteroatoms. The minimum absolute atomic E-state index is 0.0229. The third kappa shape index (κ3) is 5.49. The Morgan fingerprint density at radius 2 is 1.82 bits per heavy atom. The molecular weight excluding hydrogens is 454 g/mol. The number of nitrogens with one attached hydrogen (secondary N) is 3. The zero-order valence-electron chi connectivity index (χ0n) is 16.9. The third-order valence-electron chi connectivity index (χ3n) is 4.25. The molecule has 0 spiro atoms. The number of benzene rings is 1. The summed E-state index contributed by atoms with van der Waals surface area (Å²) in [6.45, 7) is -0.652. The second-order valence-corrected chi connectivity index (χ2v) is 7.66. The number of rotatable bonds is 6. The van der Waals surface area contributed by atoms with E-state index in [0.717, 1.165) is 11.3 Å². The number of hydrogen-bond acceptors (Lipinski definition) is 9. The Morgan fingerprint density at radius 1 is 1.00 bits per heavy atom. The normalized spacial score (nSPS) is 14.1. The number of thiophene rings is 1. The summed E-state index contributed by atoms with van der Waals surface area (Å²) in [4.78, 5) is 48.3. The molecule has 0 radical (unpaired) electrons. The van der Waals surface area contributed by atoms with E-state index in [0.29, 0.717) is 16.5 Å². The molecule has 3 N–H and O–H groups in total. The fourth-order valence-electron chi connectivity index (χ4n) is 2.69. The van der Waals surface area contributed by atoms with Crippen LogP contribution in [0.2, 0.25) is 0 Å². The average Bonchev–Trinajstić information content (AvgIpc) is 3.53.